The van der Waals surface area contributed by atoms with Crippen molar-refractivity contribution in [1.82, 2.24) is 5.43 Å². The number of nitrogens with one attached hydrogen (secondary N) is 2. The monoisotopic (exact) mass is 357 g/mol. The third-order valence-corrected chi connectivity index (χ3v) is 3.74. The normalized spacial score (nSPS) is 10.6. The highest BCUT2D eigenvalue weighted by molar-refractivity contribution is 6.39. The second-order valence-corrected chi connectivity index (χ2v) is 5.94. The van der Waals surface area contributed by atoms with E-state index in [0.717, 1.165) is 24.8 Å². The first-order chi connectivity index (χ1) is 12.1. The van der Waals surface area contributed by atoms with Crippen molar-refractivity contribution in [2.24, 2.45) is 5.10 Å². The van der Waals surface area contributed by atoms with Crippen LogP contribution in [-0.4, -0.2) is 18.0 Å². The van der Waals surface area contributed by atoms with Gasteiger partial charge in [0.05, 0.1) is 6.21 Å². The fraction of sp³-hybridized carbons (Fsp3) is 0.211. The first-order valence-electron chi connectivity index (χ1n) is 8.07. The third kappa shape index (κ3) is 6.39. The zero-order valence-corrected chi connectivity index (χ0v) is 14.7. The van der Waals surface area contributed by atoms with E-state index in [4.69, 9.17) is 11.6 Å². The molecule has 2 N–H and O–H groups in total. The Morgan fingerprint density at radius 3 is 2.36 bits per heavy atom. The number of unbranched alkanes of at least 4 members (excludes halogenated alkanes) is 1. The predicted octanol–water partition coefficient (Wildman–Crippen LogP) is 3.77. The summed E-state index contributed by atoms with van der Waals surface area (Å²) in [6.07, 6.45) is 4.70. The smallest absolute Gasteiger partial charge is 0.318 e. The molecule has 0 atom stereocenters. The first-order valence-corrected chi connectivity index (χ1v) is 8.45. The summed E-state index contributed by atoms with van der Waals surface area (Å²) in [6, 6.07) is 14.4. The van der Waals surface area contributed by atoms with Crippen molar-refractivity contribution in [1.29, 1.82) is 0 Å². The Kier molecular flexibility index (Phi) is 7.16. The molecule has 0 aromatic heterocycles. The number of nitrogens with zero attached hydrogens (tertiary/aromatic N) is 1. The Morgan fingerprint density at radius 1 is 1.04 bits per heavy atom. The molecular formula is C19H20ClN3O2. The van der Waals surface area contributed by atoms with Crippen molar-refractivity contribution >= 4 is 35.3 Å². The Bertz CT molecular complexity index is 740. The number of aryl methyl sites for hydroxylation is 1. The molecule has 25 heavy (non-hydrogen) atoms. The van der Waals surface area contributed by atoms with E-state index < -0.39 is 11.8 Å². The number of hydrogen-bond donors (Lipinski definition) is 2. The van der Waals surface area contributed by atoms with Crippen molar-refractivity contribution in [2.75, 3.05) is 5.32 Å². The topological polar surface area (TPSA) is 70.6 Å². The maximum Gasteiger partial charge on any atom is 0.329 e. The van der Waals surface area contributed by atoms with Crippen molar-refractivity contribution in [3.05, 3.63) is 64.7 Å². The van der Waals surface area contributed by atoms with Crippen molar-refractivity contribution in [3.8, 4) is 0 Å². The lowest BCUT2D eigenvalue weighted by atomic mass is 10.1. The van der Waals surface area contributed by atoms with E-state index in [1.807, 2.05) is 12.1 Å². The molecule has 130 valence electrons. The summed E-state index contributed by atoms with van der Waals surface area (Å²) in [4.78, 5) is 23.6. The number of halogens is 1. The van der Waals surface area contributed by atoms with Crippen molar-refractivity contribution in [3.63, 3.8) is 0 Å². The zero-order chi connectivity index (χ0) is 18.1. The number of carbonyl (C=O) groups is 2. The van der Waals surface area contributed by atoms with Gasteiger partial charge in [-0.2, -0.15) is 5.10 Å². The fourth-order valence-electron chi connectivity index (χ4n) is 2.09. The summed E-state index contributed by atoms with van der Waals surface area (Å²) in [5.41, 5.74) is 4.72. The molecule has 0 aliphatic heterocycles. The van der Waals surface area contributed by atoms with Crippen LogP contribution in [-0.2, 0) is 16.0 Å². The van der Waals surface area contributed by atoms with E-state index in [0.29, 0.717) is 10.7 Å². The van der Waals surface area contributed by atoms with Gasteiger partial charge in [0, 0.05) is 10.7 Å². The molecule has 0 aliphatic carbocycles. The van der Waals surface area contributed by atoms with Gasteiger partial charge in [0.15, 0.2) is 0 Å². The summed E-state index contributed by atoms with van der Waals surface area (Å²) < 4.78 is 0. The molecule has 6 heteroatoms. The summed E-state index contributed by atoms with van der Waals surface area (Å²) in [6.45, 7) is 2.14. The molecule has 0 spiro atoms. The standard InChI is InChI=1S/C19H20ClN3O2/c1-2-3-4-14-7-11-17(12-8-14)22-18(24)19(25)23-21-13-15-5-9-16(20)10-6-15/h5-13H,2-4H2,1H3,(H,22,24)(H,23,25)/b21-13+. The lowest BCUT2D eigenvalue weighted by molar-refractivity contribution is -0.136. The summed E-state index contributed by atoms with van der Waals surface area (Å²) >= 11 is 5.78. The number of carbonyl (C=O) groups excluding carboxylic acids is 2. The first kappa shape index (κ1) is 18.7. The lowest BCUT2D eigenvalue weighted by Gasteiger charge is -2.05. The summed E-state index contributed by atoms with van der Waals surface area (Å²) in [5.74, 6) is -1.60. The van der Waals surface area contributed by atoms with Crippen LogP contribution in [0.2, 0.25) is 5.02 Å². The predicted molar refractivity (Wildman–Crippen MR) is 101 cm³/mol. The van der Waals surface area contributed by atoms with E-state index in [1.54, 1.807) is 36.4 Å². The minimum absolute atomic E-state index is 0.571. The summed E-state index contributed by atoms with van der Waals surface area (Å²) in [5, 5.41) is 6.90. The van der Waals surface area contributed by atoms with Gasteiger partial charge in [0.1, 0.15) is 0 Å². The highest BCUT2D eigenvalue weighted by Gasteiger charge is 2.12. The van der Waals surface area contributed by atoms with Gasteiger partial charge in [-0.1, -0.05) is 49.2 Å². The number of anilines is 1. The van der Waals surface area contributed by atoms with Crippen LogP contribution in [0.1, 0.15) is 30.9 Å². The van der Waals surface area contributed by atoms with E-state index in [1.165, 1.54) is 11.8 Å². The van der Waals surface area contributed by atoms with Crippen LogP contribution in [0.5, 0.6) is 0 Å². The molecule has 2 aromatic carbocycles. The molecule has 0 saturated heterocycles. The van der Waals surface area contributed by atoms with Crippen LogP contribution < -0.4 is 10.7 Å². The average Bonchev–Trinajstić information content (AvgIpc) is 2.62. The highest BCUT2D eigenvalue weighted by Crippen LogP contribution is 2.11. The third-order valence-electron chi connectivity index (χ3n) is 3.49. The zero-order valence-electron chi connectivity index (χ0n) is 14.0. The van der Waals surface area contributed by atoms with Crippen LogP contribution in [0.15, 0.2) is 53.6 Å². The average molecular weight is 358 g/mol. The molecule has 0 radical (unpaired) electrons. The number of amides is 2. The van der Waals surface area contributed by atoms with Gasteiger partial charge in [0.25, 0.3) is 0 Å². The molecule has 0 heterocycles. The highest BCUT2D eigenvalue weighted by atomic mass is 35.5. The Balaban J connectivity index is 1.83. The largest absolute Gasteiger partial charge is 0.329 e. The number of rotatable bonds is 6. The SMILES string of the molecule is CCCCc1ccc(NC(=O)C(=O)N/N=C/c2ccc(Cl)cc2)cc1. The minimum Gasteiger partial charge on any atom is -0.318 e. The van der Waals surface area contributed by atoms with E-state index in [-0.39, 0.29) is 0 Å². The van der Waals surface area contributed by atoms with Crippen molar-refractivity contribution in [2.45, 2.75) is 26.2 Å². The molecule has 0 aliphatic rings. The molecule has 5 nitrogen and oxygen atoms in total. The van der Waals surface area contributed by atoms with Crippen molar-refractivity contribution < 1.29 is 9.59 Å². The Hall–Kier alpha value is -2.66. The number of hydrogen-bond acceptors (Lipinski definition) is 3. The Morgan fingerprint density at radius 2 is 1.72 bits per heavy atom. The van der Waals surface area contributed by atoms with Gasteiger partial charge in [-0.15, -0.1) is 0 Å². The number of benzene rings is 2. The van der Waals surface area contributed by atoms with E-state index in [2.05, 4.69) is 22.8 Å². The van der Waals surface area contributed by atoms with Crippen LogP contribution in [0.4, 0.5) is 5.69 Å². The molecule has 2 amide bonds. The van der Waals surface area contributed by atoms with Gasteiger partial charge < -0.3 is 5.32 Å². The molecule has 2 aromatic rings. The fourth-order valence-corrected chi connectivity index (χ4v) is 2.21. The maximum atomic E-state index is 11.8. The summed E-state index contributed by atoms with van der Waals surface area (Å²) in [7, 11) is 0. The lowest BCUT2D eigenvalue weighted by Crippen LogP contribution is -2.32. The molecule has 0 fully saturated rings. The maximum absolute atomic E-state index is 11.8. The minimum atomic E-state index is -0.833. The molecule has 0 unspecified atom stereocenters. The van der Waals surface area contributed by atoms with Crippen LogP contribution >= 0.6 is 11.6 Å². The van der Waals surface area contributed by atoms with Crippen LogP contribution in [0.3, 0.4) is 0 Å². The van der Waals surface area contributed by atoms with E-state index in [9.17, 15) is 9.59 Å². The van der Waals surface area contributed by atoms with Gasteiger partial charge in [-0.05, 0) is 48.2 Å². The molecular weight excluding hydrogens is 338 g/mol. The van der Waals surface area contributed by atoms with Gasteiger partial charge in [-0.25, -0.2) is 5.43 Å². The molecule has 0 saturated carbocycles. The van der Waals surface area contributed by atoms with Crippen LogP contribution in [0, 0.1) is 0 Å². The second kappa shape index (κ2) is 9.59. The molecule has 2 rings (SSSR count). The number of hydrazone groups is 1. The van der Waals surface area contributed by atoms with Gasteiger partial charge >= 0.3 is 11.8 Å². The second-order valence-electron chi connectivity index (χ2n) is 5.51. The molecule has 0 bridgehead atoms. The Labute approximate surface area is 152 Å². The quantitative estimate of drug-likeness (QED) is 0.469. The van der Waals surface area contributed by atoms with Gasteiger partial charge in [-0.3, -0.25) is 9.59 Å². The van der Waals surface area contributed by atoms with Gasteiger partial charge in [0.2, 0.25) is 0 Å². The van der Waals surface area contributed by atoms with E-state index >= 15 is 0 Å². The van der Waals surface area contributed by atoms with Crippen LogP contribution in [0.25, 0.3) is 0 Å².